The second-order valence-electron chi connectivity index (χ2n) is 3.64. The lowest BCUT2D eigenvalue weighted by Gasteiger charge is -2.17. The molecule has 76 valence electrons. The molecule has 0 aliphatic heterocycles. The van der Waals surface area contributed by atoms with Crippen molar-refractivity contribution < 1.29 is 0 Å². The molecule has 0 heterocycles. The molecule has 1 aliphatic carbocycles. The van der Waals surface area contributed by atoms with E-state index in [1.165, 1.54) is 36.8 Å². The molecule has 0 unspecified atom stereocenters. The van der Waals surface area contributed by atoms with E-state index in [4.69, 9.17) is 0 Å². The van der Waals surface area contributed by atoms with E-state index in [0.29, 0.717) is 0 Å². The molecular weight excluding hydrogens is 168 g/mol. The summed E-state index contributed by atoms with van der Waals surface area (Å²) in [6, 6.07) is 0. The van der Waals surface area contributed by atoms with Gasteiger partial charge in [-0.1, -0.05) is 36.5 Å². The van der Waals surface area contributed by atoms with Gasteiger partial charge < -0.3 is 0 Å². The first-order valence-corrected chi connectivity index (χ1v) is 5.52. The van der Waals surface area contributed by atoms with E-state index in [2.05, 4.69) is 50.3 Å². The van der Waals surface area contributed by atoms with Crippen LogP contribution in [0, 0.1) is 0 Å². The summed E-state index contributed by atoms with van der Waals surface area (Å²) in [5.74, 6) is 0. The van der Waals surface area contributed by atoms with Crippen LogP contribution >= 0.6 is 0 Å². The van der Waals surface area contributed by atoms with Crippen LogP contribution in [-0.4, -0.2) is 0 Å². The van der Waals surface area contributed by atoms with Gasteiger partial charge in [0.25, 0.3) is 0 Å². The van der Waals surface area contributed by atoms with Crippen LogP contribution in [0.25, 0.3) is 0 Å². The maximum absolute atomic E-state index is 2.26. The van der Waals surface area contributed by atoms with Crippen LogP contribution in [0.4, 0.5) is 0 Å². The van der Waals surface area contributed by atoms with E-state index >= 15 is 0 Å². The Bertz CT molecular complexity index is 244. The third-order valence-electron chi connectivity index (χ3n) is 2.53. The zero-order valence-corrected chi connectivity index (χ0v) is 9.29. The summed E-state index contributed by atoms with van der Waals surface area (Å²) in [7, 11) is 0. The molecule has 0 N–H and O–H groups in total. The highest BCUT2D eigenvalue weighted by Gasteiger charge is 2.09. The van der Waals surface area contributed by atoms with E-state index in [-0.39, 0.29) is 0 Å². The molecule has 1 rings (SSSR count). The van der Waals surface area contributed by atoms with Crippen molar-refractivity contribution in [2.75, 3.05) is 0 Å². The molecule has 0 aromatic carbocycles. The summed E-state index contributed by atoms with van der Waals surface area (Å²) in [5, 5.41) is 0. The van der Waals surface area contributed by atoms with Gasteiger partial charge >= 0.3 is 0 Å². The topological polar surface area (TPSA) is 0 Å². The molecule has 0 nitrogen and oxygen atoms in total. The monoisotopic (exact) mass is 188 g/mol. The highest BCUT2D eigenvalue weighted by molar-refractivity contribution is 5.37. The van der Waals surface area contributed by atoms with Gasteiger partial charge in [0.1, 0.15) is 0 Å². The predicted molar refractivity (Wildman–Crippen MR) is 64.3 cm³/mol. The van der Waals surface area contributed by atoms with Crippen LogP contribution in [0.1, 0.15) is 39.5 Å². The highest BCUT2D eigenvalue weighted by Crippen LogP contribution is 2.28. The van der Waals surface area contributed by atoms with Crippen LogP contribution in [0.15, 0.2) is 47.6 Å². The molecule has 0 aromatic heterocycles. The summed E-state index contributed by atoms with van der Waals surface area (Å²) in [6.07, 6.45) is 18.2. The summed E-state index contributed by atoms with van der Waals surface area (Å²) in [6.45, 7) is 4.13. The fourth-order valence-electron chi connectivity index (χ4n) is 1.76. The van der Waals surface area contributed by atoms with Gasteiger partial charge in [-0.15, -0.1) is 0 Å². The van der Waals surface area contributed by atoms with Crippen molar-refractivity contribution in [3.63, 3.8) is 0 Å². The Morgan fingerprint density at radius 2 is 1.21 bits per heavy atom. The number of hydrogen-bond donors (Lipinski definition) is 0. The van der Waals surface area contributed by atoms with Crippen LogP contribution < -0.4 is 0 Å². The fourth-order valence-corrected chi connectivity index (χ4v) is 1.76. The van der Waals surface area contributed by atoms with Gasteiger partial charge in [0.15, 0.2) is 0 Å². The summed E-state index contributed by atoms with van der Waals surface area (Å²) in [5.41, 5.74) is 3.04. The second-order valence-corrected chi connectivity index (χ2v) is 3.64. The smallest absolute Gasteiger partial charge is 0.0276 e. The summed E-state index contributed by atoms with van der Waals surface area (Å²) >= 11 is 0. The molecular formula is C14H20. The standard InChI is InChI=1S/C14H20/c1-3-5-9-13-11-7-8-12-14(13)10-6-4-2/h3-6,9-10H,7-8,11-12H2,1-2H3. The Labute approximate surface area is 87.7 Å². The van der Waals surface area contributed by atoms with E-state index in [0.717, 1.165) is 0 Å². The van der Waals surface area contributed by atoms with E-state index in [1.807, 2.05) is 0 Å². The average Bonchev–Trinajstić information content (AvgIpc) is 2.24. The first kappa shape index (κ1) is 11.0. The zero-order chi connectivity index (χ0) is 10.2. The Morgan fingerprint density at radius 3 is 1.57 bits per heavy atom. The lowest BCUT2D eigenvalue weighted by molar-refractivity contribution is 0.679. The van der Waals surface area contributed by atoms with Crippen molar-refractivity contribution in [3.05, 3.63) is 47.6 Å². The second kappa shape index (κ2) is 6.42. The van der Waals surface area contributed by atoms with Gasteiger partial charge in [-0.25, -0.2) is 0 Å². The Morgan fingerprint density at radius 1 is 0.786 bits per heavy atom. The third kappa shape index (κ3) is 3.37. The van der Waals surface area contributed by atoms with Gasteiger partial charge in [0.2, 0.25) is 0 Å². The molecule has 0 radical (unpaired) electrons. The van der Waals surface area contributed by atoms with Gasteiger partial charge in [0.05, 0.1) is 0 Å². The van der Waals surface area contributed by atoms with Crippen LogP contribution in [0.5, 0.6) is 0 Å². The van der Waals surface area contributed by atoms with Crippen molar-refractivity contribution in [2.24, 2.45) is 0 Å². The largest absolute Gasteiger partial charge is 0.0877 e. The van der Waals surface area contributed by atoms with E-state index in [1.54, 1.807) is 0 Å². The first-order chi connectivity index (χ1) is 6.88. The maximum Gasteiger partial charge on any atom is -0.0276 e. The normalized spacial score (nSPS) is 24.4. The Kier molecular flexibility index (Phi) is 5.06. The molecule has 1 fully saturated rings. The third-order valence-corrected chi connectivity index (χ3v) is 2.53. The molecule has 0 bridgehead atoms. The fraction of sp³-hybridized carbons (Fsp3) is 0.429. The molecule has 1 saturated carbocycles. The lowest BCUT2D eigenvalue weighted by atomic mass is 9.89. The molecule has 0 heteroatoms. The van der Waals surface area contributed by atoms with Gasteiger partial charge in [-0.05, 0) is 50.7 Å². The van der Waals surface area contributed by atoms with Gasteiger partial charge in [0, 0.05) is 0 Å². The molecule has 0 amide bonds. The Balaban J connectivity index is 2.78. The molecule has 1 aliphatic rings. The van der Waals surface area contributed by atoms with Crippen molar-refractivity contribution >= 4 is 0 Å². The Hall–Kier alpha value is -1.04. The predicted octanol–water partition coefficient (Wildman–Crippen LogP) is 4.57. The SMILES string of the molecule is CC=CC=C1CCCCC1=CC=CC. The van der Waals surface area contributed by atoms with Crippen molar-refractivity contribution in [1.29, 1.82) is 0 Å². The van der Waals surface area contributed by atoms with Crippen molar-refractivity contribution in [3.8, 4) is 0 Å². The lowest BCUT2D eigenvalue weighted by Crippen LogP contribution is -1.97. The number of rotatable bonds is 2. The number of hydrogen-bond acceptors (Lipinski definition) is 0. The van der Waals surface area contributed by atoms with Crippen LogP contribution in [0.3, 0.4) is 0 Å². The number of allylic oxidation sites excluding steroid dienone is 8. The summed E-state index contributed by atoms with van der Waals surface area (Å²) < 4.78 is 0. The minimum atomic E-state index is 1.24. The molecule has 0 atom stereocenters. The van der Waals surface area contributed by atoms with Gasteiger partial charge in [-0.3, -0.25) is 0 Å². The minimum absolute atomic E-state index is 1.24. The zero-order valence-electron chi connectivity index (χ0n) is 9.29. The summed E-state index contributed by atoms with van der Waals surface area (Å²) in [4.78, 5) is 0. The molecule has 0 spiro atoms. The molecule has 0 aromatic rings. The van der Waals surface area contributed by atoms with Crippen LogP contribution in [0.2, 0.25) is 0 Å². The van der Waals surface area contributed by atoms with Gasteiger partial charge in [-0.2, -0.15) is 0 Å². The average molecular weight is 188 g/mol. The minimum Gasteiger partial charge on any atom is -0.0877 e. The first-order valence-electron chi connectivity index (χ1n) is 5.52. The molecule has 0 saturated heterocycles. The quantitative estimate of drug-likeness (QED) is 0.595. The van der Waals surface area contributed by atoms with E-state index < -0.39 is 0 Å². The maximum atomic E-state index is 2.26. The highest BCUT2D eigenvalue weighted by atomic mass is 14.1. The van der Waals surface area contributed by atoms with Crippen molar-refractivity contribution in [2.45, 2.75) is 39.5 Å². The van der Waals surface area contributed by atoms with E-state index in [9.17, 15) is 0 Å². The molecule has 14 heavy (non-hydrogen) atoms. The van der Waals surface area contributed by atoms with Crippen LogP contribution in [-0.2, 0) is 0 Å². The van der Waals surface area contributed by atoms with Crippen molar-refractivity contribution in [1.82, 2.24) is 0 Å².